The second-order valence-corrected chi connectivity index (χ2v) is 18.4. The van der Waals surface area contributed by atoms with Gasteiger partial charge in [-0.05, 0) is 109 Å². The lowest BCUT2D eigenvalue weighted by Gasteiger charge is -2.47. The van der Waals surface area contributed by atoms with Crippen LogP contribution in [0.25, 0.3) is 66.5 Å². The normalized spacial score (nSPS) is 20.0. The van der Waals surface area contributed by atoms with Gasteiger partial charge in [0.1, 0.15) is 11.6 Å². The first-order chi connectivity index (χ1) is 30.8. The number of hydrogen-bond donors (Lipinski definition) is 0. The van der Waals surface area contributed by atoms with E-state index in [1.165, 1.54) is 33.4 Å². The Balaban J connectivity index is 1.21. The first kappa shape index (κ1) is 37.6. The summed E-state index contributed by atoms with van der Waals surface area (Å²) in [6, 6.07) is 58.9. The molecule has 0 spiro atoms. The lowest BCUT2D eigenvalue weighted by atomic mass is 9.54. The molecule has 3 heterocycles. The molecule has 12 rings (SSSR count). The maximum Gasteiger partial charge on any atom is 0.129 e. The van der Waals surface area contributed by atoms with Crippen molar-refractivity contribution in [2.75, 3.05) is 0 Å². The van der Waals surface area contributed by atoms with Gasteiger partial charge < -0.3 is 9.59 Å². The maximum absolute atomic E-state index is 13.4. The molecule has 0 saturated carbocycles. The van der Waals surface area contributed by atoms with Crippen molar-refractivity contribution >= 4 is 44.3 Å². The van der Waals surface area contributed by atoms with Crippen molar-refractivity contribution in [2.45, 2.75) is 68.6 Å². The van der Waals surface area contributed by atoms with Crippen molar-refractivity contribution in [3.63, 3.8) is 0 Å². The molecule has 0 fully saturated rings. The number of pyridine rings is 3. The fraction of sp³-hybridized carbons (Fsp3) is 0.190. The summed E-state index contributed by atoms with van der Waals surface area (Å²) in [6.07, 6.45) is 3.37. The summed E-state index contributed by atoms with van der Waals surface area (Å²) < 4.78 is 0. The average Bonchev–Trinajstić information content (AvgIpc) is 3.84. The predicted molar refractivity (Wildman–Crippen MR) is 253 cm³/mol. The lowest BCUT2D eigenvalue weighted by Crippen LogP contribution is -2.43. The van der Waals surface area contributed by atoms with Crippen molar-refractivity contribution in [1.29, 1.82) is 0 Å². The molecule has 0 bridgehead atoms. The van der Waals surface area contributed by atoms with Crippen LogP contribution in [0.1, 0.15) is 85.8 Å². The minimum atomic E-state index is -0.683. The third-order valence-corrected chi connectivity index (χ3v) is 14.8. The zero-order valence-corrected chi connectivity index (χ0v) is 35.5. The van der Waals surface area contributed by atoms with E-state index in [9.17, 15) is 9.59 Å². The number of carbonyl (C=O) groups is 2. The highest BCUT2D eigenvalue weighted by molar-refractivity contribution is 5.93. The molecule has 9 aromatic rings. The Hall–Kier alpha value is -7.11. The molecule has 0 N–H and O–H groups in total. The van der Waals surface area contributed by atoms with Crippen molar-refractivity contribution in [1.82, 2.24) is 15.0 Å². The second kappa shape index (κ2) is 14.0. The summed E-state index contributed by atoms with van der Waals surface area (Å²) in [7, 11) is 0. The highest BCUT2D eigenvalue weighted by Gasteiger charge is 2.58. The Morgan fingerprint density at radius 2 is 0.683 bits per heavy atom. The standard InChI is InChI=1S/C58H45N3O2/c1-36(62)27-29-56(44-21-9-6-18-41(44)53-47(56)31-38-15-3-12-24-50(38)59-53)34-58(46-23-11-8-20-43(46)55-49(58)33-40-17-5-14-26-52(40)61-55)35-57(30-28-37(2)63)45-22-10-7-19-42(45)54-48(57)32-39-16-4-13-25-51(39)60-54/h3-26,31-33H,27-30,34-35H2,1-2H3. The van der Waals surface area contributed by atoms with Gasteiger partial charge in [-0.3, -0.25) is 0 Å². The average molecular weight is 816 g/mol. The molecule has 2 unspecified atom stereocenters. The Labute approximate surface area is 366 Å². The van der Waals surface area contributed by atoms with Gasteiger partial charge in [0, 0.05) is 61.9 Å². The molecular weight excluding hydrogens is 771 g/mol. The summed E-state index contributed by atoms with van der Waals surface area (Å²) in [4.78, 5) is 43.3. The first-order valence-electron chi connectivity index (χ1n) is 22.3. The van der Waals surface area contributed by atoms with E-state index in [1.54, 1.807) is 13.8 Å². The van der Waals surface area contributed by atoms with Crippen molar-refractivity contribution in [2.24, 2.45) is 0 Å². The van der Waals surface area contributed by atoms with E-state index in [1.807, 2.05) is 0 Å². The third kappa shape index (κ3) is 5.51. The van der Waals surface area contributed by atoms with Gasteiger partial charge in [0.05, 0.1) is 33.6 Å². The van der Waals surface area contributed by atoms with Gasteiger partial charge in [-0.15, -0.1) is 0 Å². The second-order valence-electron chi connectivity index (χ2n) is 18.4. The van der Waals surface area contributed by atoms with Gasteiger partial charge in [-0.1, -0.05) is 127 Å². The maximum atomic E-state index is 13.4. The summed E-state index contributed by atoms with van der Waals surface area (Å²) in [5, 5.41) is 3.25. The van der Waals surface area contributed by atoms with Crippen LogP contribution in [-0.4, -0.2) is 26.5 Å². The molecule has 3 aliphatic rings. The number of nitrogens with zero attached hydrogens (tertiary/aromatic N) is 3. The van der Waals surface area contributed by atoms with Gasteiger partial charge in [-0.2, -0.15) is 0 Å². The number of carbonyl (C=O) groups excluding carboxylic acids is 2. The largest absolute Gasteiger partial charge is 0.300 e. The van der Waals surface area contributed by atoms with Crippen molar-refractivity contribution in [3.05, 3.63) is 197 Å². The van der Waals surface area contributed by atoms with E-state index in [2.05, 4.69) is 164 Å². The molecule has 6 aromatic carbocycles. The molecular formula is C58H45N3O2. The molecule has 5 nitrogen and oxygen atoms in total. The number of aromatic nitrogens is 3. The fourth-order valence-electron chi connectivity index (χ4n) is 12.2. The van der Waals surface area contributed by atoms with Gasteiger partial charge >= 0.3 is 0 Å². The number of para-hydroxylation sites is 3. The molecule has 5 heteroatoms. The Morgan fingerprint density at radius 3 is 1.05 bits per heavy atom. The Morgan fingerprint density at radius 1 is 0.381 bits per heavy atom. The zero-order chi connectivity index (χ0) is 42.5. The van der Waals surface area contributed by atoms with Gasteiger partial charge in [-0.25, -0.2) is 15.0 Å². The van der Waals surface area contributed by atoms with Crippen LogP contribution in [0, 0.1) is 0 Å². The summed E-state index contributed by atoms with van der Waals surface area (Å²) in [6.45, 7) is 3.45. The van der Waals surface area contributed by atoms with E-state index < -0.39 is 16.2 Å². The zero-order valence-electron chi connectivity index (χ0n) is 35.5. The van der Waals surface area contributed by atoms with Crippen LogP contribution in [0.5, 0.6) is 0 Å². The van der Waals surface area contributed by atoms with Crippen LogP contribution >= 0.6 is 0 Å². The smallest absolute Gasteiger partial charge is 0.129 e. The minimum Gasteiger partial charge on any atom is -0.300 e. The quantitative estimate of drug-likeness (QED) is 0.137. The number of benzene rings is 6. The minimum absolute atomic E-state index is 0.164. The van der Waals surface area contributed by atoms with Crippen LogP contribution in [0.3, 0.4) is 0 Å². The van der Waals surface area contributed by atoms with Gasteiger partial charge in [0.2, 0.25) is 0 Å². The van der Waals surface area contributed by atoms with Crippen molar-refractivity contribution in [3.8, 4) is 33.8 Å². The fourth-order valence-corrected chi connectivity index (χ4v) is 12.2. The highest BCUT2D eigenvalue weighted by atomic mass is 16.1. The number of ketones is 2. The third-order valence-electron chi connectivity index (χ3n) is 14.8. The van der Waals surface area contributed by atoms with Crippen LogP contribution in [0.2, 0.25) is 0 Å². The summed E-state index contributed by atoms with van der Waals surface area (Å²) in [5.74, 6) is 0.329. The number of Topliss-reactive ketones (excluding diaryl/α,β-unsaturated/α-hetero) is 2. The van der Waals surface area contributed by atoms with E-state index >= 15 is 0 Å². The number of fused-ring (bicyclic) bond motifs is 12. The van der Waals surface area contributed by atoms with Crippen LogP contribution in [0.4, 0.5) is 0 Å². The van der Waals surface area contributed by atoms with E-state index in [0.29, 0.717) is 38.5 Å². The Bertz CT molecular complexity index is 3250. The number of hydrogen-bond acceptors (Lipinski definition) is 5. The number of rotatable bonds is 10. The molecule has 304 valence electrons. The molecule has 0 saturated heterocycles. The molecule has 63 heavy (non-hydrogen) atoms. The van der Waals surface area contributed by atoms with Crippen LogP contribution < -0.4 is 0 Å². The lowest BCUT2D eigenvalue weighted by molar-refractivity contribution is -0.118. The van der Waals surface area contributed by atoms with Gasteiger partial charge in [0.25, 0.3) is 0 Å². The monoisotopic (exact) mass is 815 g/mol. The van der Waals surface area contributed by atoms with Crippen LogP contribution in [-0.2, 0) is 25.8 Å². The topological polar surface area (TPSA) is 72.8 Å². The molecule has 3 aliphatic carbocycles. The Kier molecular flexibility index (Phi) is 8.33. The van der Waals surface area contributed by atoms with Crippen LogP contribution in [0.15, 0.2) is 164 Å². The molecule has 0 aliphatic heterocycles. The molecule has 0 amide bonds. The molecule has 0 radical (unpaired) electrons. The van der Waals surface area contributed by atoms with Crippen molar-refractivity contribution < 1.29 is 9.59 Å². The SMILES string of the molecule is CC(=O)CCC1(CC2(CC3(CCC(C)=O)c4ccccc4-c4nc5ccccc5cc43)c3ccccc3-c3nc4ccccc4cc32)c2ccccc2-c2nc3ccccc3cc21. The molecule has 2 atom stereocenters. The first-order valence-corrected chi connectivity index (χ1v) is 22.3. The van der Waals surface area contributed by atoms with Gasteiger partial charge in [0.15, 0.2) is 0 Å². The van der Waals surface area contributed by atoms with E-state index in [-0.39, 0.29) is 11.6 Å². The van der Waals surface area contributed by atoms with E-state index in [4.69, 9.17) is 15.0 Å². The van der Waals surface area contributed by atoms with E-state index in [0.717, 1.165) is 66.5 Å². The summed E-state index contributed by atoms with van der Waals surface area (Å²) >= 11 is 0. The summed E-state index contributed by atoms with van der Waals surface area (Å²) in [5.41, 5.74) is 14.5. The predicted octanol–water partition coefficient (Wildman–Crippen LogP) is 13.0. The molecule has 3 aromatic heterocycles. The highest BCUT2D eigenvalue weighted by Crippen LogP contribution is 2.66.